The topological polar surface area (TPSA) is 115 Å². The fourth-order valence-electron chi connectivity index (χ4n) is 3.45. The van der Waals surface area contributed by atoms with Crippen molar-refractivity contribution in [2.75, 3.05) is 45.4 Å². The second-order valence-electron chi connectivity index (χ2n) is 6.24. The van der Waals surface area contributed by atoms with Gasteiger partial charge in [0, 0.05) is 33.4 Å². The third-order valence-electron chi connectivity index (χ3n) is 4.50. The number of nitrogens with zero attached hydrogens (tertiary/aromatic N) is 4. The Kier molecular flexibility index (Phi) is 5.37. The van der Waals surface area contributed by atoms with Crippen LogP contribution in [0.15, 0.2) is 4.52 Å². The molecule has 0 aliphatic carbocycles. The molecule has 140 valence electrons. The molecule has 2 aliphatic rings. The summed E-state index contributed by atoms with van der Waals surface area (Å²) < 4.78 is 39.4. The second-order valence-corrected chi connectivity index (χ2v) is 8.39. The number of carbonyl (C=O) groups excluding carboxylic acids is 1. The van der Waals surface area contributed by atoms with E-state index in [9.17, 15) is 13.2 Å². The Hall–Kier alpha value is -1.56. The van der Waals surface area contributed by atoms with Gasteiger partial charge in [-0.1, -0.05) is 5.16 Å². The molecule has 0 radical (unpaired) electrons. The van der Waals surface area contributed by atoms with E-state index < -0.39 is 9.84 Å². The third kappa shape index (κ3) is 4.00. The van der Waals surface area contributed by atoms with Crippen LogP contribution in [-0.2, 0) is 37.3 Å². The molecule has 25 heavy (non-hydrogen) atoms. The van der Waals surface area contributed by atoms with E-state index in [2.05, 4.69) is 10.1 Å². The van der Waals surface area contributed by atoms with E-state index in [-0.39, 0.29) is 42.7 Å². The summed E-state index contributed by atoms with van der Waals surface area (Å²) in [6, 6.07) is -0.653. The molecule has 1 aromatic heterocycles. The van der Waals surface area contributed by atoms with Gasteiger partial charge in [0.15, 0.2) is 15.7 Å². The quantitative estimate of drug-likeness (QED) is 0.597. The molecule has 0 aromatic carbocycles. The van der Waals surface area contributed by atoms with Crippen molar-refractivity contribution in [3.05, 3.63) is 11.7 Å². The molecule has 3 rings (SSSR count). The fourth-order valence-corrected chi connectivity index (χ4v) is 5.46. The first-order chi connectivity index (χ1) is 11.9. The Morgan fingerprint density at radius 2 is 2.00 bits per heavy atom. The molecule has 11 heteroatoms. The van der Waals surface area contributed by atoms with Gasteiger partial charge in [0.05, 0.1) is 24.1 Å². The molecular formula is C14H22N4O6S. The number of rotatable bonds is 6. The zero-order chi connectivity index (χ0) is 18.0. The van der Waals surface area contributed by atoms with Crippen LogP contribution in [0.1, 0.15) is 11.7 Å². The predicted molar refractivity (Wildman–Crippen MR) is 85.2 cm³/mol. The van der Waals surface area contributed by atoms with Gasteiger partial charge in [-0.3, -0.25) is 9.69 Å². The highest BCUT2D eigenvalue weighted by molar-refractivity contribution is 7.91. The molecule has 1 aromatic rings. The third-order valence-corrected chi connectivity index (χ3v) is 6.20. The molecular weight excluding hydrogens is 352 g/mol. The van der Waals surface area contributed by atoms with Crippen molar-refractivity contribution in [1.82, 2.24) is 19.9 Å². The van der Waals surface area contributed by atoms with Gasteiger partial charge in [-0.15, -0.1) is 0 Å². The molecule has 0 bridgehead atoms. The van der Waals surface area contributed by atoms with Crippen molar-refractivity contribution in [3.8, 4) is 0 Å². The number of ether oxygens (including phenoxy) is 2. The van der Waals surface area contributed by atoms with Gasteiger partial charge in [0.25, 0.3) is 0 Å². The van der Waals surface area contributed by atoms with Crippen LogP contribution in [-0.4, -0.2) is 91.8 Å². The first-order valence-corrected chi connectivity index (χ1v) is 9.79. The van der Waals surface area contributed by atoms with E-state index in [0.29, 0.717) is 31.3 Å². The molecule has 10 nitrogen and oxygen atoms in total. The van der Waals surface area contributed by atoms with Gasteiger partial charge in [0.2, 0.25) is 11.8 Å². The number of hydrogen-bond acceptors (Lipinski definition) is 9. The highest BCUT2D eigenvalue weighted by Crippen LogP contribution is 2.28. The number of aromatic nitrogens is 2. The lowest BCUT2D eigenvalue weighted by atomic mass is 10.0. The minimum atomic E-state index is -3.20. The zero-order valence-corrected chi connectivity index (χ0v) is 15.1. The van der Waals surface area contributed by atoms with Crippen molar-refractivity contribution in [1.29, 1.82) is 0 Å². The summed E-state index contributed by atoms with van der Waals surface area (Å²) in [5, 5.41) is 3.82. The minimum absolute atomic E-state index is 0.0213. The number of fused-ring (bicyclic) bond motifs is 1. The van der Waals surface area contributed by atoms with E-state index in [1.165, 1.54) is 7.11 Å². The lowest BCUT2D eigenvalue weighted by Gasteiger charge is -2.43. The van der Waals surface area contributed by atoms with Gasteiger partial charge < -0.3 is 18.9 Å². The second kappa shape index (κ2) is 7.36. The molecule has 3 heterocycles. The van der Waals surface area contributed by atoms with Crippen molar-refractivity contribution in [2.45, 2.75) is 25.2 Å². The van der Waals surface area contributed by atoms with E-state index in [1.807, 2.05) is 4.90 Å². The Morgan fingerprint density at radius 1 is 1.24 bits per heavy atom. The summed E-state index contributed by atoms with van der Waals surface area (Å²) in [5.74, 6) is 0.666. The maximum Gasteiger partial charge on any atom is 0.248 e. The molecule has 2 saturated heterocycles. The van der Waals surface area contributed by atoms with Crippen LogP contribution in [0.2, 0.25) is 0 Å². The summed E-state index contributed by atoms with van der Waals surface area (Å²) in [6.07, 6.45) is 0. The van der Waals surface area contributed by atoms with Crippen molar-refractivity contribution in [2.24, 2.45) is 0 Å². The van der Waals surface area contributed by atoms with Crippen LogP contribution in [0.5, 0.6) is 0 Å². The Labute approximate surface area is 146 Å². The first kappa shape index (κ1) is 18.2. The van der Waals surface area contributed by atoms with Crippen molar-refractivity contribution < 1.29 is 27.2 Å². The minimum Gasteiger partial charge on any atom is -0.377 e. The standard InChI is InChI=1S/C14H22N4O6S/c1-22-6-12-15-13(24-16-12)5-17-3-4-18(14(19)7-23-2)11-9-25(20,21)8-10(11)17/h10-11H,3-9H2,1-2H3/t10-,11+/m1/s1. The van der Waals surface area contributed by atoms with Crippen LogP contribution in [0.3, 0.4) is 0 Å². The normalized spacial score (nSPS) is 25.9. The molecule has 0 saturated carbocycles. The van der Waals surface area contributed by atoms with Crippen LogP contribution < -0.4 is 0 Å². The van der Waals surface area contributed by atoms with Gasteiger partial charge in [-0.05, 0) is 0 Å². The predicted octanol–water partition coefficient (Wildman–Crippen LogP) is -1.33. The molecule has 2 fully saturated rings. The summed E-state index contributed by atoms with van der Waals surface area (Å²) in [4.78, 5) is 20.1. The first-order valence-electron chi connectivity index (χ1n) is 7.97. The zero-order valence-electron chi connectivity index (χ0n) is 14.3. The maximum absolute atomic E-state index is 12.2. The van der Waals surface area contributed by atoms with Crippen LogP contribution >= 0.6 is 0 Å². The van der Waals surface area contributed by atoms with E-state index in [0.717, 1.165) is 0 Å². The molecule has 1 amide bonds. The van der Waals surface area contributed by atoms with E-state index >= 15 is 0 Å². The highest BCUT2D eigenvalue weighted by Gasteiger charge is 2.48. The fraction of sp³-hybridized carbons (Fsp3) is 0.786. The number of methoxy groups -OCH3 is 2. The Morgan fingerprint density at radius 3 is 2.72 bits per heavy atom. The smallest absolute Gasteiger partial charge is 0.248 e. The lowest BCUT2D eigenvalue weighted by molar-refractivity contribution is -0.141. The lowest BCUT2D eigenvalue weighted by Crippen LogP contribution is -2.60. The van der Waals surface area contributed by atoms with Gasteiger partial charge in [-0.2, -0.15) is 4.98 Å². The van der Waals surface area contributed by atoms with Gasteiger partial charge in [-0.25, -0.2) is 8.42 Å². The maximum atomic E-state index is 12.2. The molecule has 0 N–H and O–H groups in total. The van der Waals surface area contributed by atoms with Crippen LogP contribution in [0, 0.1) is 0 Å². The van der Waals surface area contributed by atoms with Crippen molar-refractivity contribution >= 4 is 15.7 Å². The SMILES string of the molecule is COCC(=O)N1CCN(Cc2nc(COC)no2)[C@@H]2CS(=O)(=O)C[C@@H]21. The van der Waals surface area contributed by atoms with Crippen LogP contribution in [0.4, 0.5) is 0 Å². The Balaban J connectivity index is 1.75. The number of hydrogen-bond donors (Lipinski definition) is 0. The average molecular weight is 374 g/mol. The molecule has 2 atom stereocenters. The van der Waals surface area contributed by atoms with Crippen LogP contribution in [0.25, 0.3) is 0 Å². The van der Waals surface area contributed by atoms with E-state index in [4.69, 9.17) is 14.0 Å². The largest absolute Gasteiger partial charge is 0.377 e. The average Bonchev–Trinajstić information content (AvgIpc) is 3.11. The van der Waals surface area contributed by atoms with Gasteiger partial charge >= 0.3 is 0 Å². The van der Waals surface area contributed by atoms with Crippen molar-refractivity contribution in [3.63, 3.8) is 0 Å². The summed E-state index contributed by atoms with van der Waals surface area (Å²) in [7, 11) is -0.211. The summed E-state index contributed by atoms with van der Waals surface area (Å²) in [6.45, 7) is 1.53. The molecule has 0 spiro atoms. The summed E-state index contributed by atoms with van der Waals surface area (Å²) >= 11 is 0. The summed E-state index contributed by atoms with van der Waals surface area (Å²) in [5.41, 5.74) is 0. The monoisotopic (exact) mass is 374 g/mol. The van der Waals surface area contributed by atoms with E-state index in [1.54, 1.807) is 12.0 Å². The number of amides is 1. The van der Waals surface area contributed by atoms with Gasteiger partial charge in [0.1, 0.15) is 13.2 Å². The number of carbonyl (C=O) groups is 1. The highest BCUT2D eigenvalue weighted by atomic mass is 32.2. The number of piperazine rings is 1. The molecule has 2 aliphatic heterocycles. The Bertz CT molecular complexity index is 721. The number of sulfone groups is 1. The molecule has 0 unspecified atom stereocenters.